The van der Waals surface area contributed by atoms with Gasteiger partial charge in [0, 0.05) is 6.04 Å². The van der Waals surface area contributed by atoms with Gasteiger partial charge in [-0.1, -0.05) is 44.7 Å². The van der Waals surface area contributed by atoms with Gasteiger partial charge in [-0.25, -0.2) is 0 Å². The molecule has 1 aliphatic carbocycles. The Morgan fingerprint density at radius 1 is 1.20 bits per heavy atom. The van der Waals surface area contributed by atoms with Crippen LogP contribution in [0, 0.1) is 5.92 Å². The normalized spacial score (nSPS) is 17.3. The van der Waals surface area contributed by atoms with E-state index in [9.17, 15) is 0 Å². The number of rotatable bonds is 8. The summed E-state index contributed by atoms with van der Waals surface area (Å²) < 4.78 is 5.22. The molecule has 1 saturated carbocycles. The lowest BCUT2D eigenvalue weighted by molar-refractivity contribution is 0.413. The number of hydrogen-bond donors (Lipinski definition) is 1. The summed E-state index contributed by atoms with van der Waals surface area (Å²) in [6.07, 6.45) is 9.72. The first kappa shape index (κ1) is 15.4. The topological polar surface area (TPSA) is 21.3 Å². The number of hydrogen-bond acceptors (Lipinski definition) is 2. The van der Waals surface area contributed by atoms with Crippen LogP contribution in [0.5, 0.6) is 5.75 Å². The van der Waals surface area contributed by atoms with Crippen LogP contribution < -0.4 is 10.1 Å². The van der Waals surface area contributed by atoms with Crippen LogP contribution >= 0.6 is 0 Å². The maximum absolute atomic E-state index is 5.22. The van der Waals surface area contributed by atoms with Gasteiger partial charge in [-0.3, -0.25) is 0 Å². The van der Waals surface area contributed by atoms with Crippen molar-refractivity contribution < 1.29 is 4.74 Å². The van der Waals surface area contributed by atoms with Gasteiger partial charge in [-0.2, -0.15) is 0 Å². The molecule has 2 nitrogen and oxygen atoms in total. The van der Waals surface area contributed by atoms with E-state index in [1.165, 1.54) is 44.1 Å². The summed E-state index contributed by atoms with van der Waals surface area (Å²) in [7, 11) is 1.72. The molecule has 0 spiro atoms. The third-order valence-electron chi connectivity index (χ3n) is 4.58. The van der Waals surface area contributed by atoms with Gasteiger partial charge in [-0.15, -0.1) is 0 Å². The van der Waals surface area contributed by atoms with Crippen molar-refractivity contribution in [2.75, 3.05) is 13.7 Å². The summed E-state index contributed by atoms with van der Waals surface area (Å²) in [5.41, 5.74) is 1.37. The van der Waals surface area contributed by atoms with Crippen LogP contribution in [-0.4, -0.2) is 13.7 Å². The summed E-state index contributed by atoms with van der Waals surface area (Å²) in [5.74, 6) is 1.95. The first-order valence-electron chi connectivity index (χ1n) is 8.20. The van der Waals surface area contributed by atoms with Crippen LogP contribution in [0.4, 0.5) is 0 Å². The molecule has 1 atom stereocenters. The zero-order valence-electron chi connectivity index (χ0n) is 13.0. The van der Waals surface area contributed by atoms with E-state index in [0.29, 0.717) is 6.04 Å². The molecule has 1 aliphatic rings. The Morgan fingerprint density at radius 3 is 2.50 bits per heavy atom. The van der Waals surface area contributed by atoms with Gasteiger partial charge in [-0.05, 0) is 49.4 Å². The monoisotopic (exact) mass is 275 g/mol. The van der Waals surface area contributed by atoms with Crippen molar-refractivity contribution in [3.8, 4) is 5.75 Å². The van der Waals surface area contributed by atoms with Crippen LogP contribution in [0.1, 0.15) is 63.5 Å². The smallest absolute Gasteiger partial charge is 0.118 e. The Hall–Kier alpha value is -1.02. The molecule has 1 fully saturated rings. The fourth-order valence-corrected chi connectivity index (χ4v) is 3.30. The molecule has 0 aliphatic heterocycles. The number of benzene rings is 1. The predicted molar refractivity (Wildman–Crippen MR) is 85.2 cm³/mol. The van der Waals surface area contributed by atoms with Crippen molar-refractivity contribution in [1.82, 2.24) is 5.32 Å². The molecule has 0 saturated heterocycles. The van der Waals surface area contributed by atoms with Gasteiger partial charge < -0.3 is 10.1 Å². The minimum atomic E-state index is 0.476. The van der Waals surface area contributed by atoms with E-state index in [2.05, 4.69) is 36.5 Å². The highest BCUT2D eigenvalue weighted by Gasteiger charge is 2.14. The second kappa shape index (κ2) is 8.31. The molecule has 0 amide bonds. The lowest BCUT2D eigenvalue weighted by Gasteiger charge is -2.18. The first-order valence-corrected chi connectivity index (χ1v) is 8.20. The Balaban J connectivity index is 1.73. The van der Waals surface area contributed by atoms with E-state index in [-0.39, 0.29) is 0 Å². The quantitative estimate of drug-likeness (QED) is 0.694. The van der Waals surface area contributed by atoms with E-state index >= 15 is 0 Å². The van der Waals surface area contributed by atoms with Gasteiger partial charge in [0.1, 0.15) is 5.75 Å². The minimum Gasteiger partial charge on any atom is -0.497 e. The molecule has 1 unspecified atom stereocenters. The maximum atomic E-state index is 5.22. The third kappa shape index (κ3) is 4.52. The van der Waals surface area contributed by atoms with Crippen LogP contribution in [0.25, 0.3) is 0 Å². The SMILES string of the molecule is CCC(NCCCC1CCCC1)c1ccc(OC)cc1. The van der Waals surface area contributed by atoms with E-state index in [1.54, 1.807) is 7.11 Å². The van der Waals surface area contributed by atoms with Crippen molar-refractivity contribution >= 4 is 0 Å². The lowest BCUT2D eigenvalue weighted by Crippen LogP contribution is -2.22. The van der Waals surface area contributed by atoms with Crippen molar-refractivity contribution in [3.05, 3.63) is 29.8 Å². The minimum absolute atomic E-state index is 0.476. The van der Waals surface area contributed by atoms with Crippen LogP contribution in [0.2, 0.25) is 0 Å². The Bertz CT molecular complexity index is 368. The summed E-state index contributed by atoms with van der Waals surface area (Å²) in [6, 6.07) is 8.94. The number of nitrogens with one attached hydrogen (secondary N) is 1. The van der Waals surface area contributed by atoms with Gasteiger partial charge >= 0.3 is 0 Å². The summed E-state index contributed by atoms with van der Waals surface area (Å²) in [4.78, 5) is 0. The largest absolute Gasteiger partial charge is 0.497 e. The van der Waals surface area contributed by atoms with Crippen molar-refractivity contribution in [2.45, 2.75) is 57.9 Å². The average Bonchev–Trinajstić information content (AvgIpc) is 3.01. The predicted octanol–water partition coefficient (Wildman–Crippen LogP) is 4.71. The van der Waals surface area contributed by atoms with Gasteiger partial charge in [0.2, 0.25) is 0 Å². The molecule has 2 rings (SSSR count). The number of methoxy groups -OCH3 is 1. The highest BCUT2D eigenvalue weighted by atomic mass is 16.5. The molecule has 112 valence electrons. The number of ether oxygens (including phenoxy) is 1. The van der Waals surface area contributed by atoms with Crippen LogP contribution in [0.3, 0.4) is 0 Å². The summed E-state index contributed by atoms with van der Waals surface area (Å²) in [5, 5.41) is 3.71. The molecule has 1 N–H and O–H groups in total. The molecular formula is C18H29NO. The molecule has 0 radical (unpaired) electrons. The Labute approximate surface area is 123 Å². The maximum Gasteiger partial charge on any atom is 0.118 e. The molecule has 20 heavy (non-hydrogen) atoms. The second-order valence-electron chi connectivity index (χ2n) is 5.98. The molecule has 1 aromatic rings. The standard InChI is InChI=1S/C18H29NO/c1-3-18(16-10-12-17(20-2)13-11-16)19-14-6-9-15-7-4-5-8-15/h10-13,15,18-19H,3-9,14H2,1-2H3. The second-order valence-corrected chi connectivity index (χ2v) is 5.98. The fraction of sp³-hybridized carbons (Fsp3) is 0.667. The third-order valence-corrected chi connectivity index (χ3v) is 4.58. The van der Waals surface area contributed by atoms with E-state index in [1.807, 2.05) is 0 Å². The van der Waals surface area contributed by atoms with Crippen molar-refractivity contribution in [1.29, 1.82) is 0 Å². The molecule has 0 aromatic heterocycles. The summed E-state index contributed by atoms with van der Waals surface area (Å²) in [6.45, 7) is 3.39. The van der Waals surface area contributed by atoms with Crippen molar-refractivity contribution in [2.24, 2.45) is 5.92 Å². The highest BCUT2D eigenvalue weighted by Crippen LogP contribution is 2.28. The average molecular weight is 275 g/mol. The Morgan fingerprint density at radius 2 is 1.90 bits per heavy atom. The Kier molecular flexibility index (Phi) is 6.38. The fourth-order valence-electron chi connectivity index (χ4n) is 3.30. The van der Waals surface area contributed by atoms with Crippen molar-refractivity contribution in [3.63, 3.8) is 0 Å². The van der Waals surface area contributed by atoms with Gasteiger partial charge in [0.05, 0.1) is 7.11 Å². The van der Waals surface area contributed by atoms with Gasteiger partial charge in [0.15, 0.2) is 0 Å². The molecule has 0 heterocycles. The van der Waals surface area contributed by atoms with Crippen LogP contribution in [0.15, 0.2) is 24.3 Å². The van der Waals surface area contributed by atoms with E-state index in [4.69, 9.17) is 4.74 Å². The summed E-state index contributed by atoms with van der Waals surface area (Å²) >= 11 is 0. The first-order chi connectivity index (χ1) is 9.83. The van der Waals surface area contributed by atoms with Gasteiger partial charge in [0.25, 0.3) is 0 Å². The molecule has 0 bridgehead atoms. The molecule has 2 heteroatoms. The lowest BCUT2D eigenvalue weighted by atomic mass is 10.0. The molecule has 1 aromatic carbocycles. The van der Waals surface area contributed by atoms with Crippen LogP contribution in [-0.2, 0) is 0 Å². The van der Waals surface area contributed by atoms with E-state index < -0.39 is 0 Å². The zero-order valence-corrected chi connectivity index (χ0v) is 13.0. The highest BCUT2D eigenvalue weighted by molar-refractivity contribution is 5.29. The van der Waals surface area contributed by atoms with E-state index in [0.717, 1.165) is 24.6 Å². The molecular weight excluding hydrogens is 246 g/mol. The zero-order chi connectivity index (χ0) is 14.2.